The summed E-state index contributed by atoms with van der Waals surface area (Å²) in [4.78, 5) is 10.6. The maximum atomic E-state index is 12.5. The molecule has 144 valence electrons. The highest BCUT2D eigenvalue weighted by Crippen LogP contribution is 2.31. The van der Waals surface area contributed by atoms with Gasteiger partial charge in [0.25, 0.3) is 0 Å². The molecule has 0 aliphatic carbocycles. The molecule has 0 aliphatic heterocycles. The lowest BCUT2D eigenvalue weighted by atomic mass is 10.2. The molecule has 0 N–H and O–H groups in total. The minimum absolute atomic E-state index is 0.0243. The van der Waals surface area contributed by atoms with Gasteiger partial charge in [0.2, 0.25) is 10.0 Å². The summed E-state index contributed by atoms with van der Waals surface area (Å²) in [6.45, 7) is 4.13. The van der Waals surface area contributed by atoms with Crippen LogP contribution in [0.1, 0.15) is 19.4 Å². The predicted molar refractivity (Wildman–Crippen MR) is 104 cm³/mol. The van der Waals surface area contributed by atoms with Crippen LogP contribution in [0.5, 0.6) is 5.75 Å². The Morgan fingerprint density at radius 3 is 2.37 bits per heavy atom. The zero-order valence-electron chi connectivity index (χ0n) is 15.2. The van der Waals surface area contributed by atoms with Gasteiger partial charge in [-0.1, -0.05) is 50.3 Å². The van der Waals surface area contributed by atoms with Crippen LogP contribution in [0.15, 0.2) is 59.5 Å². The normalized spacial score (nSPS) is 11.8. The van der Waals surface area contributed by atoms with Gasteiger partial charge in [-0.25, -0.2) is 8.42 Å². The number of nitro groups is 1. The summed E-state index contributed by atoms with van der Waals surface area (Å²) in [5, 5.41) is 11.4. The quantitative estimate of drug-likeness (QED) is 0.481. The fourth-order valence-electron chi connectivity index (χ4n) is 2.52. The zero-order valence-corrected chi connectivity index (χ0v) is 16.1. The Hall–Kier alpha value is -2.71. The van der Waals surface area contributed by atoms with Crippen molar-refractivity contribution in [2.75, 3.05) is 19.7 Å². The van der Waals surface area contributed by atoms with E-state index in [1.807, 2.05) is 36.4 Å². The van der Waals surface area contributed by atoms with Gasteiger partial charge < -0.3 is 4.74 Å². The average Bonchev–Trinajstić information content (AvgIpc) is 2.66. The summed E-state index contributed by atoms with van der Waals surface area (Å²) >= 11 is 0. The molecule has 0 unspecified atom stereocenters. The maximum Gasteiger partial charge on any atom is 0.312 e. The van der Waals surface area contributed by atoms with E-state index in [9.17, 15) is 18.5 Å². The van der Waals surface area contributed by atoms with Crippen molar-refractivity contribution in [2.45, 2.75) is 18.7 Å². The van der Waals surface area contributed by atoms with Gasteiger partial charge in [-0.3, -0.25) is 10.1 Å². The number of hydrogen-bond donors (Lipinski definition) is 0. The highest BCUT2D eigenvalue weighted by atomic mass is 32.2. The Balaban J connectivity index is 2.21. The molecule has 2 rings (SSSR count). The molecule has 0 aliphatic rings. The first kappa shape index (κ1) is 20.6. The first-order chi connectivity index (χ1) is 12.9. The van der Waals surface area contributed by atoms with E-state index in [-0.39, 0.29) is 36.0 Å². The number of nitro benzene ring substituents is 1. The molecule has 0 spiro atoms. The lowest BCUT2D eigenvalue weighted by Gasteiger charge is -2.18. The van der Waals surface area contributed by atoms with Crippen molar-refractivity contribution in [1.29, 1.82) is 0 Å². The second-order valence-corrected chi connectivity index (χ2v) is 7.54. The third-order valence-electron chi connectivity index (χ3n) is 3.92. The van der Waals surface area contributed by atoms with Crippen molar-refractivity contribution in [2.24, 2.45) is 0 Å². The lowest BCUT2D eigenvalue weighted by molar-refractivity contribution is -0.386. The largest absolute Gasteiger partial charge is 0.483 e. The molecule has 27 heavy (non-hydrogen) atoms. The predicted octanol–water partition coefficient (Wildman–Crippen LogP) is 3.72. The van der Waals surface area contributed by atoms with Gasteiger partial charge >= 0.3 is 5.69 Å². The van der Waals surface area contributed by atoms with Crippen molar-refractivity contribution in [3.05, 3.63) is 70.3 Å². The van der Waals surface area contributed by atoms with E-state index in [4.69, 9.17) is 4.74 Å². The highest BCUT2D eigenvalue weighted by Gasteiger charge is 2.26. The lowest BCUT2D eigenvalue weighted by Crippen LogP contribution is -2.30. The first-order valence-corrected chi connectivity index (χ1v) is 9.97. The molecular formula is C19H22N2O5S. The molecule has 0 atom stereocenters. The van der Waals surface area contributed by atoms with Crippen LogP contribution in [-0.2, 0) is 10.0 Å². The number of nitrogens with zero attached hydrogens (tertiary/aromatic N) is 2. The van der Waals surface area contributed by atoms with Gasteiger partial charge in [-0.05, 0) is 23.8 Å². The molecular weight excluding hydrogens is 368 g/mol. The maximum absolute atomic E-state index is 12.5. The molecule has 0 radical (unpaired) electrons. The topological polar surface area (TPSA) is 89.8 Å². The SMILES string of the molecule is CCN(CC)S(=O)(=O)c1ccc(OC/C=C/c2ccccc2)c([N+](=O)[O-])c1. The molecule has 0 fully saturated rings. The number of hydrogen-bond acceptors (Lipinski definition) is 5. The molecule has 2 aromatic carbocycles. The molecule has 0 amide bonds. The molecule has 8 heteroatoms. The molecule has 0 heterocycles. The Bertz CT molecular complexity index is 907. The molecule has 0 bridgehead atoms. The summed E-state index contributed by atoms with van der Waals surface area (Å²) in [5.41, 5.74) is 0.604. The van der Waals surface area contributed by atoms with Crippen molar-refractivity contribution in [3.8, 4) is 5.75 Å². The van der Waals surface area contributed by atoms with Crippen LogP contribution in [0.2, 0.25) is 0 Å². The van der Waals surface area contributed by atoms with Gasteiger partial charge in [0.1, 0.15) is 6.61 Å². The van der Waals surface area contributed by atoms with Gasteiger partial charge in [-0.2, -0.15) is 4.31 Å². The monoisotopic (exact) mass is 390 g/mol. The summed E-state index contributed by atoms with van der Waals surface area (Å²) in [6, 6.07) is 13.3. The van der Waals surface area contributed by atoms with Gasteiger partial charge in [0.05, 0.1) is 9.82 Å². The van der Waals surface area contributed by atoms with Crippen LogP contribution in [0.3, 0.4) is 0 Å². The Kier molecular flexibility index (Phi) is 7.09. The van der Waals surface area contributed by atoms with Crippen LogP contribution in [0, 0.1) is 10.1 Å². The van der Waals surface area contributed by atoms with E-state index < -0.39 is 14.9 Å². The smallest absolute Gasteiger partial charge is 0.312 e. The third kappa shape index (κ3) is 5.15. The summed E-state index contributed by atoms with van der Waals surface area (Å²) in [7, 11) is -3.78. The van der Waals surface area contributed by atoms with E-state index in [1.165, 1.54) is 16.4 Å². The number of rotatable bonds is 9. The second kappa shape index (κ2) is 9.29. The van der Waals surface area contributed by atoms with Gasteiger partial charge in [-0.15, -0.1) is 0 Å². The van der Waals surface area contributed by atoms with Crippen molar-refractivity contribution in [1.82, 2.24) is 4.31 Å². The third-order valence-corrected chi connectivity index (χ3v) is 5.96. The Labute approximate surface area is 159 Å². The fourth-order valence-corrected chi connectivity index (χ4v) is 4.00. The van der Waals surface area contributed by atoms with Crippen LogP contribution < -0.4 is 4.74 Å². The van der Waals surface area contributed by atoms with E-state index >= 15 is 0 Å². The standard InChI is InChI=1S/C19H22N2O5S/c1-3-20(4-2)27(24,25)17-12-13-19(18(15-17)21(22)23)26-14-8-11-16-9-6-5-7-10-16/h5-13,15H,3-4,14H2,1-2H3/b11-8+. The first-order valence-electron chi connectivity index (χ1n) is 8.53. The van der Waals surface area contributed by atoms with Crippen molar-refractivity contribution >= 4 is 21.8 Å². The molecule has 0 aromatic heterocycles. The van der Waals surface area contributed by atoms with Crippen LogP contribution in [-0.4, -0.2) is 37.3 Å². The number of sulfonamides is 1. The van der Waals surface area contributed by atoms with Crippen LogP contribution in [0.4, 0.5) is 5.69 Å². The van der Waals surface area contributed by atoms with E-state index in [0.29, 0.717) is 0 Å². The molecule has 7 nitrogen and oxygen atoms in total. The van der Waals surface area contributed by atoms with E-state index in [0.717, 1.165) is 11.6 Å². The Morgan fingerprint density at radius 1 is 1.11 bits per heavy atom. The number of benzene rings is 2. The second-order valence-electron chi connectivity index (χ2n) is 5.60. The minimum Gasteiger partial charge on any atom is -0.483 e. The molecule has 2 aromatic rings. The van der Waals surface area contributed by atoms with Crippen LogP contribution in [0.25, 0.3) is 6.08 Å². The zero-order chi connectivity index (χ0) is 19.9. The van der Waals surface area contributed by atoms with E-state index in [1.54, 1.807) is 19.9 Å². The van der Waals surface area contributed by atoms with Crippen molar-refractivity contribution in [3.63, 3.8) is 0 Å². The van der Waals surface area contributed by atoms with Gasteiger partial charge in [0, 0.05) is 19.2 Å². The van der Waals surface area contributed by atoms with Gasteiger partial charge in [0.15, 0.2) is 5.75 Å². The molecule has 0 saturated heterocycles. The van der Waals surface area contributed by atoms with Crippen molar-refractivity contribution < 1.29 is 18.1 Å². The summed E-state index contributed by atoms with van der Waals surface area (Å²) in [6.07, 6.45) is 3.57. The molecule has 0 saturated carbocycles. The minimum atomic E-state index is -3.78. The highest BCUT2D eigenvalue weighted by molar-refractivity contribution is 7.89. The average molecular weight is 390 g/mol. The van der Waals surface area contributed by atoms with E-state index in [2.05, 4.69) is 0 Å². The summed E-state index contributed by atoms with van der Waals surface area (Å²) in [5.74, 6) is 0.0243. The summed E-state index contributed by atoms with van der Waals surface area (Å²) < 4.78 is 31.8. The Morgan fingerprint density at radius 2 is 1.78 bits per heavy atom. The van der Waals surface area contributed by atoms with Crippen LogP contribution >= 0.6 is 0 Å². The number of ether oxygens (including phenoxy) is 1. The fraction of sp³-hybridized carbons (Fsp3) is 0.263.